The standard InChI is InChI=1S/C13H24N2O/c1-11-3-5-12(6-4-11)13(16)15-9-2-7-14-8-10-15/h11-12,14H,2-10H2,1H3. The Morgan fingerprint density at radius 3 is 2.62 bits per heavy atom. The summed E-state index contributed by atoms with van der Waals surface area (Å²) in [5, 5.41) is 3.35. The van der Waals surface area contributed by atoms with E-state index in [9.17, 15) is 4.79 Å². The molecule has 0 spiro atoms. The topological polar surface area (TPSA) is 32.3 Å². The van der Waals surface area contributed by atoms with E-state index in [4.69, 9.17) is 0 Å². The van der Waals surface area contributed by atoms with Crippen LogP contribution < -0.4 is 5.32 Å². The first kappa shape index (κ1) is 11.9. The number of hydrogen-bond acceptors (Lipinski definition) is 2. The van der Waals surface area contributed by atoms with Crippen molar-refractivity contribution in [3.05, 3.63) is 0 Å². The Bertz CT molecular complexity index is 226. The van der Waals surface area contributed by atoms with Gasteiger partial charge in [0.05, 0.1) is 0 Å². The molecule has 3 nitrogen and oxygen atoms in total. The van der Waals surface area contributed by atoms with Crippen molar-refractivity contribution in [3.63, 3.8) is 0 Å². The van der Waals surface area contributed by atoms with E-state index in [1.54, 1.807) is 0 Å². The summed E-state index contributed by atoms with van der Waals surface area (Å²) in [6.45, 7) is 6.19. The average molecular weight is 224 g/mol. The maximum Gasteiger partial charge on any atom is 0.225 e. The van der Waals surface area contributed by atoms with E-state index < -0.39 is 0 Å². The fourth-order valence-electron chi connectivity index (χ4n) is 2.83. The molecule has 0 bridgehead atoms. The fraction of sp³-hybridized carbons (Fsp3) is 0.923. The molecule has 0 unspecified atom stereocenters. The van der Waals surface area contributed by atoms with Crippen molar-refractivity contribution >= 4 is 5.91 Å². The van der Waals surface area contributed by atoms with Crippen LogP contribution >= 0.6 is 0 Å². The molecule has 1 amide bonds. The molecule has 1 saturated heterocycles. The molecule has 0 aromatic rings. The number of amides is 1. The molecule has 16 heavy (non-hydrogen) atoms. The summed E-state index contributed by atoms with van der Waals surface area (Å²) in [6, 6.07) is 0. The zero-order valence-electron chi connectivity index (χ0n) is 10.4. The lowest BCUT2D eigenvalue weighted by Gasteiger charge is -2.30. The van der Waals surface area contributed by atoms with Crippen LogP contribution in [0, 0.1) is 11.8 Å². The van der Waals surface area contributed by atoms with Gasteiger partial charge in [0.25, 0.3) is 0 Å². The van der Waals surface area contributed by atoms with Crippen molar-refractivity contribution in [1.29, 1.82) is 0 Å². The summed E-state index contributed by atoms with van der Waals surface area (Å²) in [4.78, 5) is 14.4. The molecule has 0 aromatic heterocycles. The van der Waals surface area contributed by atoms with Crippen LogP contribution in [-0.4, -0.2) is 37.0 Å². The van der Waals surface area contributed by atoms with Gasteiger partial charge in [0.15, 0.2) is 0 Å². The van der Waals surface area contributed by atoms with Gasteiger partial charge >= 0.3 is 0 Å². The summed E-state index contributed by atoms with van der Waals surface area (Å²) >= 11 is 0. The lowest BCUT2D eigenvalue weighted by molar-refractivity contribution is -0.136. The highest BCUT2D eigenvalue weighted by Gasteiger charge is 2.28. The van der Waals surface area contributed by atoms with Crippen LogP contribution in [0.25, 0.3) is 0 Å². The van der Waals surface area contributed by atoms with Gasteiger partial charge in [0, 0.05) is 25.6 Å². The first-order valence-electron chi connectivity index (χ1n) is 6.77. The third kappa shape index (κ3) is 2.97. The predicted molar refractivity (Wildman–Crippen MR) is 65.2 cm³/mol. The van der Waals surface area contributed by atoms with Crippen LogP contribution in [0.3, 0.4) is 0 Å². The van der Waals surface area contributed by atoms with Crippen LogP contribution in [0.1, 0.15) is 39.0 Å². The van der Waals surface area contributed by atoms with Crippen LogP contribution in [0.15, 0.2) is 0 Å². The Morgan fingerprint density at radius 1 is 1.12 bits per heavy atom. The Labute approximate surface area is 98.6 Å². The second-order valence-electron chi connectivity index (χ2n) is 5.39. The number of carbonyl (C=O) groups excluding carboxylic acids is 1. The highest BCUT2D eigenvalue weighted by molar-refractivity contribution is 5.79. The van der Waals surface area contributed by atoms with Crippen molar-refractivity contribution in [2.24, 2.45) is 11.8 Å². The summed E-state index contributed by atoms with van der Waals surface area (Å²) in [5.74, 6) is 1.58. The first-order chi connectivity index (χ1) is 7.77. The minimum atomic E-state index is 0.328. The van der Waals surface area contributed by atoms with Gasteiger partial charge in [-0.15, -0.1) is 0 Å². The number of carbonyl (C=O) groups is 1. The number of nitrogens with one attached hydrogen (secondary N) is 1. The number of nitrogens with zero attached hydrogens (tertiary/aromatic N) is 1. The van der Waals surface area contributed by atoms with Crippen LogP contribution in [-0.2, 0) is 4.79 Å². The quantitative estimate of drug-likeness (QED) is 0.734. The summed E-state index contributed by atoms with van der Waals surface area (Å²) in [7, 11) is 0. The maximum atomic E-state index is 12.3. The smallest absolute Gasteiger partial charge is 0.225 e. The summed E-state index contributed by atoms with van der Waals surface area (Å²) < 4.78 is 0. The second kappa shape index (κ2) is 5.67. The Morgan fingerprint density at radius 2 is 1.88 bits per heavy atom. The molecule has 1 N–H and O–H groups in total. The largest absolute Gasteiger partial charge is 0.341 e. The molecule has 0 aromatic carbocycles. The molecule has 0 radical (unpaired) electrons. The van der Waals surface area contributed by atoms with Gasteiger partial charge in [0.1, 0.15) is 0 Å². The average Bonchev–Trinajstić information content (AvgIpc) is 2.57. The van der Waals surface area contributed by atoms with Gasteiger partial charge in [0.2, 0.25) is 5.91 Å². The highest BCUT2D eigenvalue weighted by atomic mass is 16.2. The second-order valence-corrected chi connectivity index (χ2v) is 5.39. The SMILES string of the molecule is CC1CCC(C(=O)N2CCCNCC2)CC1. The minimum Gasteiger partial charge on any atom is -0.341 e. The van der Waals surface area contributed by atoms with E-state index in [0.29, 0.717) is 11.8 Å². The van der Waals surface area contributed by atoms with E-state index >= 15 is 0 Å². The predicted octanol–water partition coefficient (Wildman–Crippen LogP) is 1.63. The monoisotopic (exact) mass is 224 g/mol. The third-order valence-electron chi connectivity index (χ3n) is 4.02. The molecule has 1 aliphatic heterocycles. The zero-order valence-corrected chi connectivity index (χ0v) is 10.4. The van der Waals surface area contributed by atoms with Crippen LogP contribution in [0.5, 0.6) is 0 Å². The lowest BCUT2D eigenvalue weighted by atomic mass is 9.82. The van der Waals surface area contributed by atoms with Crippen LogP contribution in [0.2, 0.25) is 0 Å². The molecule has 2 aliphatic rings. The molecule has 2 rings (SSSR count). The molecule has 2 fully saturated rings. The summed E-state index contributed by atoms with van der Waals surface area (Å²) in [6.07, 6.45) is 5.81. The van der Waals surface area contributed by atoms with E-state index in [0.717, 1.165) is 51.4 Å². The molecular formula is C13H24N2O. The minimum absolute atomic E-state index is 0.328. The van der Waals surface area contributed by atoms with Gasteiger partial charge in [-0.05, 0) is 44.6 Å². The van der Waals surface area contributed by atoms with Crippen molar-refractivity contribution in [1.82, 2.24) is 10.2 Å². The molecule has 1 saturated carbocycles. The molecule has 1 heterocycles. The summed E-state index contributed by atoms with van der Waals surface area (Å²) in [5.41, 5.74) is 0. The first-order valence-corrected chi connectivity index (χ1v) is 6.77. The van der Waals surface area contributed by atoms with Crippen molar-refractivity contribution < 1.29 is 4.79 Å². The van der Waals surface area contributed by atoms with E-state index in [1.165, 1.54) is 12.8 Å². The maximum absolute atomic E-state index is 12.3. The molecule has 1 aliphatic carbocycles. The Hall–Kier alpha value is -0.570. The fourth-order valence-corrected chi connectivity index (χ4v) is 2.83. The van der Waals surface area contributed by atoms with Gasteiger partial charge < -0.3 is 10.2 Å². The molecule has 92 valence electrons. The molecule has 0 atom stereocenters. The van der Waals surface area contributed by atoms with E-state index in [1.807, 2.05) is 0 Å². The lowest BCUT2D eigenvalue weighted by Crippen LogP contribution is -2.39. The third-order valence-corrected chi connectivity index (χ3v) is 4.02. The number of rotatable bonds is 1. The molecular weight excluding hydrogens is 200 g/mol. The van der Waals surface area contributed by atoms with Crippen molar-refractivity contribution in [3.8, 4) is 0 Å². The van der Waals surface area contributed by atoms with Gasteiger partial charge in [-0.25, -0.2) is 0 Å². The molecule has 3 heteroatoms. The van der Waals surface area contributed by atoms with E-state index in [-0.39, 0.29) is 0 Å². The van der Waals surface area contributed by atoms with Crippen LogP contribution in [0.4, 0.5) is 0 Å². The van der Waals surface area contributed by atoms with Gasteiger partial charge in [-0.1, -0.05) is 6.92 Å². The number of hydrogen-bond donors (Lipinski definition) is 1. The normalized spacial score (nSPS) is 32.2. The highest BCUT2D eigenvalue weighted by Crippen LogP contribution is 2.29. The van der Waals surface area contributed by atoms with E-state index in [2.05, 4.69) is 17.1 Å². The van der Waals surface area contributed by atoms with Crippen molar-refractivity contribution in [2.75, 3.05) is 26.2 Å². The Kier molecular flexibility index (Phi) is 4.22. The van der Waals surface area contributed by atoms with Crippen molar-refractivity contribution in [2.45, 2.75) is 39.0 Å². The van der Waals surface area contributed by atoms with Gasteiger partial charge in [-0.3, -0.25) is 4.79 Å². The Balaban J connectivity index is 1.85. The zero-order chi connectivity index (χ0) is 11.4. The van der Waals surface area contributed by atoms with Gasteiger partial charge in [-0.2, -0.15) is 0 Å².